The second kappa shape index (κ2) is 3.37. The molecule has 1 unspecified atom stereocenters. The van der Waals surface area contributed by atoms with E-state index in [-0.39, 0.29) is 0 Å². The molecule has 0 heterocycles. The lowest BCUT2D eigenvalue weighted by Gasteiger charge is -2.29. The normalized spacial score (nSPS) is 23.7. The largest absolute Gasteiger partial charge is 0.0839 e. The van der Waals surface area contributed by atoms with Gasteiger partial charge in [0, 0.05) is 5.92 Å². The lowest BCUT2D eigenvalue weighted by Crippen LogP contribution is -2.13. The second-order valence-electron chi connectivity index (χ2n) is 4.60. The number of rotatable bonds is 0. The van der Waals surface area contributed by atoms with Crippen LogP contribution in [0, 0.1) is 0 Å². The van der Waals surface area contributed by atoms with Crippen molar-refractivity contribution in [2.75, 3.05) is 0 Å². The molecule has 0 bridgehead atoms. The zero-order valence-electron chi connectivity index (χ0n) is 9.16. The van der Waals surface area contributed by atoms with Gasteiger partial charge in [-0.3, -0.25) is 0 Å². The average molecular weight is 196 g/mol. The van der Waals surface area contributed by atoms with E-state index >= 15 is 0 Å². The van der Waals surface area contributed by atoms with Crippen molar-refractivity contribution in [2.24, 2.45) is 0 Å². The zero-order chi connectivity index (χ0) is 10.3. The van der Waals surface area contributed by atoms with Gasteiger partial charge in [-0.2, -0.15) is 0 Å². The first-order valence-corrected chi connectivity index (χ1v) is 5.82. The molecule has 1 aromatic carbocycles. The van der Waals surface area contributed by atoms with Crippen LogP contribution in [0.2, 0.25) is 0 Å². The Kier molecular flexibility index (Phi) is 2.02. The van der Waals surface area contributed by atoms with E-state index in [1.165, 1.54) is 24.8 Å². The van der Waals surface area contributed by atoms with Gasteiger partial charge >= 0.3 is 0 Å². The van der Waals surface area contributed by atoms with Gasteiger partial charge in [0.2, 0.25) is 0 Å². The van der Waals surface area contributed by atoms with E-state index in [1.54, 1.807) is 16.7 Å². The van der Waals surface area contributed by atoms with Crippen molar-refractivity contribution in [1.82, 2.24) is 0 Å². The highest BCUT2D eigenvalue weighted by molar-refractivity contribution is 5.49. The van der Waals surface area contributed by atoms with Crippen LogP contribution in [-0.4, -0.2) is 0 Å². The first-order chi connectivity index (χ1) is 7.36. The molecule has 0 saturated carbocycles. The molecule has 0 aliphatic heterocycles. The summed E-state index contributed by atoms with van der Waals surface area (Å²) in [7, 11) is 0. The summed E-state index contributed by atoms with van der Waals surface area (Å²) < 4.78 is 0. The summed E-state index contributed by atoms with van der Waals surface area (Å²) in [4.78, 5) is 0. The van der Waals surface area contributed by atoms with E-state index in [9.17, 15) is 0 Å². The van der Waals surface area contributed by atoms with Crippen molar-refractivity contribution in [3.63, 3.8) is 0 Å². The molecule has 0 amide bonds. The maximum atomic E-state index is 2.35. The van der Waals surface area contributed by atoms with Gasteiger partial charge < -0.3 is 0 Å². The summed E-state index contributed by atoms with van der Waals surface area (Å²) in [5.41, 5.74) is 6.32. The molecule has 2 aliphatic rings. The highest BCUT2D eigenvalue weighted by Crippen LogP contribution is 2.39. The fourth-order valence-corrected chi connectivity index (χ4v) is 2.89. The minimum Gasteiger partial charge on any atom is -0.0839 e. The van der Waals surface area contributed by atoms with Gasteiger partial charge in [0.05, 0.1) is 0 Å². The molecular formula is C15H16. The topological polar surface area (TPSA) is 0 Å². The minimum absolute atomic E-state index is 0.599. The van der Waals surface area contributed by atoms with Gasteiger partial charge in [-0.05, 0) is 36.0 Å². The van der Waals surface area contributed by atoms with E-state index in [2.05, 4.69) is 43.3 Å². The Morgan fingerprint density at radius 2 is 2.07 bits per heavy atom. The Balaban J connectivity index is 2.11. The molecular weight excluding hydrogens is 180 g/mol. The van der Waals surface area contributed by atoms with Crippen LogP contribution in [0.5, 0.6) is 0 Å². The average Bonchev–Trinajstić information content (AvgIpc) is 2.30. The van der Waals surface area contributed by atoms with E-state index in [0.29, 0.717) is 5.92 Å². The van der Waals surface area contributed by atoms with Crippen molar-refractivity contribution in [2.45, 2.75) is 32.1 Å². The van der Waals surface area contributed by atoms with Crippen LogP contribution in [0.1, 0.15) is 36.8 Å². The summed E-state index contributed by atoms with van der Waals surface area (Å²) in [5.74, 6) is 0.599. The third-order valence-corrected chi connectivity index (χ3v) is 3.71. The van der Waals surface area contributed by atoms with Crippen LogP contribution in [0.3, 0.4) is 0 Å². The number of fused-ring (bicyclic) bond motifs is 1. The molecule has 15 heavy (non-hydrogen) atoms. The predicted molar refractivity (Wildman–Crippen MR) is 64.0 cm³/mol. The third kappa shape index (κ3) is 1.36. The van der Waals surface area contributed by atoms with Gasteiger partial charge in [-0.1, -0.05) is 48.9 Å². The summed E-state index contributed by atoms with van der Waals surface area (Å²) in [6.45, 7) is 2.34. The Morgan fingerprint density at radius 1 is 1.20 bits per heavy atom. The molecule has 1 aromatic rings. The molecule has 76 valence electrons. The van der Waals surface area contributed by atoms with Gasteiger partial charge in [-0.25, -0.2) is 0 Å². The van der Waals surface area contributed by atoms with Crippen LogP contribution in [-0.2, 0) is 6.42 Å². The fourth-order valence-electron chi connectivity index (χ4n) is 2.89. The zero-order valence-corrected chi connectivity index (χ0v) is 9.16. The molecule has 2 aliphatic carbocycles. The van der Waals surface area contributed by atoms with Crippen LogP contribution in [0.25, 0.3) is 0 Å². The molecule has 0 saturated heterocycles. The van der Waals surface area contributed by atoms with Gasteiger partial charge in [-0.15, -0.1) is 0 Å². The van der Waals surface area contributed by atoms with Crippen molar-refractivity contribution < 1.29 is 0 Å². The SMILES string of the molecule is CC1C2=C(CCC=C2)Cc2ccccc21. The number of hydrogen-bond acceptors (Lipinski definition) is 0. The number of allylic oxidation sites excluding steroid dienone is 4. The minimum atomic E-state index is 0.599. The van der Waals surface area contributed by atoms with E-state index in [4.69, 9.17) is 0 Å². The van der Waals surface area contributed by atoms with Crippen LogP contribution in [0.15, 0.2) is 47.6 Å². The molecule has 0 radical (unpaired) electrons. The van der Waals surface area contributed by atoms with Crippen molar-refractivity contribution >= 4 is 0 Å². The molecule has 1 atom stereocenters. The Hall–Kier alpha value is -1.30. The van der Waals surface area contributed by atoms with Crippen molar-refractivity contribution in [1.29, 1.82) is 0 Å². The van der Waals surface area contributed by atoms with Crippen LogP contribution < -0.4 is 0 Å². The quantitative estimate of drug-likeness (QED) is 0.588. The molecule has 3 rings (SSSR count). The third-order valence-electron chi connectivity index (χ3n) is 3.71. The standard InChI is InChI=1S/C15H16/c1-11-14-8-4-2-6-12(14)10-13-7-3-5-9-15(11)13/h2,4-6,8-9,11H,3,7,10H2,1H3. The highest BCUT2D eigenvalue weighted by atomic mass is 14.3. The second-order valence-corrected chi connectivity index (χ2v) is 4.60. The Bertz CT molecular complexity index is 449. The lowest BCUT2D eigenvalue weighted by molar-refractivity contribution is 0.774. The van der Waals surface area contributed by atoms with E-state index in [1.807, 2.05) is 0 Å². The van der Waals surface area contributed by atoms with Gasteiger partial charge in [0.25, 0.3) is 0 Å². The maximum absolute atomic E-state index is 2.35. The van der Waals surface area contributed by atoms with Gasteiger partial charge in [0.1, 0.15) is 0 Å². The first kappa shape index (κ1) is 8.96. The summed E-state index contributed by atoms with van der Waals surface area (Å²) >= 11 is 0. The molecule has 0 fully saturated rings. The monoisotopic (exact) mass is 196 g/mol. The Labute approximate surface area is 91.3 Å². The summed E-state index contributed by atoms with van der Waals surface area (Å²) in [5, 5.41) is 0. The van der Waals surface area contributed by atoms with Crippen molar-refractivity contribution in [3.8, 4) is 0 Å². The molecule has 0 spiro atoms. The van der Waals surface area contributed by atoms with Gasteiger partial charge in [0.15, 0.2) is 0 Å². The molecule has 0 N–H and O–H groups in total. The smallest absolute Gasteiger partial charge is 0.00634 e. The number of hydrogen-bond donors (Lipinski definition) is 0. The fraction of sp³-hybridized carbons (Fsp3) is 0.333. The van der Waals surface area contributed by atoms with Crippen LogP contribution >= 0.6 is 0 Å². The first-order valence-electron chi connectivity index (χ1n) is 5.82. The van der Waals surface area contributed by atoms with Crippen molar-refractivity contribution in [3.05, 3.63) is 58.7 Å². The lowest BCUT2D eigenvalue weighted by atomic mass is 9.76. The predicted octanol–water partition coefficient (Wildman–Crippen LogP) is 3.99. The molecule has 0 heteroatoms. The highest BCUT2D eigenvalue weighted by Gasteiger charge is 2.23. The molecule has 0 nitrogen and oxygen atoms in total. The van der Waals surface area contributed by atoms with E-state index < -0.39 is 0 Å². The van der Waals surface area contributed by atoms with E-state index in [0.717, 1.165) is 0 Å². The summed E-state index contributed by atoms with van der Waals surface area (Å²) in [6, 6.07) is 8.89. The maximum Gasteiger partial charge on any atom is 0.00634 e. The molecule has 0 aromatic heterocycles. The Morgan fingerprint density at radius 3 is 3.00 bits per heavy atom. The summed E-state index contributed by atoms with van der Waals surface area (Å²) in [6.07, 6.45) is 8.35. The number of benzene rings is 1. The van der Waals surface area contributed by atoms with Crippen LogP contribution in [0.4, 0.5) is 0 Å².